The van der Waals surface area contributed by atoms with Crippen molar-refractivity contribution < 1.29 is 23.8 Å². The second-order valence-electron chi connectivity index (χ2n) is 7.86. The summed E-state index contributed by atoms with van der Waals surface area (Å²) in [7, 11) is 1.62. The molecule has 1 heterocycles. The Balaban J connectivity index is 1.58. The Morgan fingerprint density at radius 1 is 1.08 bits per heavy atom. The molecule has 9 heteroatoms. The molecule has 1 fully saturated rings. The van der Waals surface area contributed by atoms with Crippen LogP contribution < -0.4 is 9.47 Å². The Labute approximate surface area is 228 Å². The molecule has 0 aromatic heterocycles. The van der Waals surface area contributed by atoms with Crippen molar-refractivity contribution in [3.63, 3.8) is 0 Å². The minimum atomic E-state index is -0.435. The molecule has 0 bridgehead atoms. The summed E-state index contributed by atoms with van der Waals surface area (Å²) < 4.78 is 16.3. The minimum absolute atomic E-state index is 0.130. The van der Waals surface area contributed by atoms with Crippen LogP contribution >= 0.6 is 27.7 Å². The van der Waals surface area contributed by atoms with Crippen molar-refractivity contribution in [3.05, 3.63) is 93.3 Å². The molecule has 0 saturated carbocycles. The van der Waals surface area contributed by atoms with E-state index >= 15 is 0 Å². The molecular formula is C28H25BrN2O5S. The van der Waals surface area contributed by atoms with Crippen molar-refractivity contribution in [2.45, 2.75) is 13.5 Å². The first-order chi connectivity index (χ1) is 18.0. The Kier molecular flexibility index (Phi) is 9.03. The summed E-state index contributed by atoms with van der Waals surface area (Å²) in [6.45, 7) is 2.24. The SMILES string of the molecule is CCOC(=O)COc1ccc(/C=C2\SC(=Nc3ccccc3)N(Cc3ccc(OC)cc3)C2=O)cc1Br. The molecule has 0 radical (unpaired) electrons. The van der Waals surface area contributed by atoms with Gasteiger partial charge in [-0.25, -0.2) is 9.79 Å². The second kappa shape index (κ2) is 12.6. The second-order valence-corrected chi connectivity index (χ2v) is 9.73. The highest BCUT2D eigenvalue weighted by molar-refractivity contribution is 9.10. The standard InChI is InChI=1S/C28H25BrN2O5S/c1-3-35-26(32)18-36-24-14-11-20(15-23(24)29)16-25-27(33)31(17-19-9-12-22(34-2)13-10-19)28(37-25)30-21-7-5-4-6-8-21/h4-16H,3,17-18H2,1-2H3/b25-16-,30-28?. The minimum Gasteiger partial charge on any atom is -0.497 e. The maximum absolute atomic E-state index is 13.5. The highest BCUT2D eigenvalue weighted by Crippen LogP contribution is 2.36. The Hall–Kier alpha value is -3.56. The van der Waals surface area contributed by atoms with E-state index in [4.69, 9.17) is 19.2 Å². The molecule has 0 N–H and O–H groups in total. The number of methoxy groups -OCH3 is 1. The van der Waals surface area contributed by atoms with Gasteiger partial charge in [0.1, 0.15) is 11.5 Å². The van der Waals surface area contributed by atoms with E-state index in [-0.39, 0.29) is 12.5 Å². The summed E-state index contributed by atoms with van der Waals surface area (Å²) in [6.07, 6.45) is 1.82. The quantitative estimate of drug-likeness (QED) is 0.221. The maximum Gasteiger partial charge on any atom is 0.344 e. The van der Waals surface area contributed by atoms with Gasteiger partial charge in [-0.3, -0.25) is 9.69 Å². The van der Waals surface area contributed by atoms with Gasteiger partial charge in [0.15, 0.2) is 11.8 Å². The zero-order valence-electron chi connectivity index (χ0n) is 20.3. The molecule has 7 nitrogen and oxygen atoms in total. The van der Waals surface area contributed by atoms with Crippen LogP contribution in [0.25, 0.3) is 6.08 Å². The Bertz CT molecular complexity index is 1330. The summed E-state index contributed by atoms with van der Waals surface area (Å²) in [6, 6.07) is 22.6. The molecule has 0 unspecified atom stereocenters. The fourth-order valence-electron chi connectivity index (χ4n) is 3.47. The smallest absolute Gasteiger partial charge is 0.344 e. The van der Waals surface area contributed by atoms with Crippen molar-refractivity contribution in [1.82, 2.24) is 4.90 Å². The van der Waals surface area contributed by atoms with Crippen LogP contribution in [0.2, 0.25) is 0 Å². The fourth-order valence-corrected chi connectivity index (χ4v) is 4.98. The van der Waals surface area contributed by atoms with Crippen molar-refractivity contribution in [2.75, 3.05) is 20.3 Å². The average Bonchev–Trinajstić information content (AvgIpc) is 3.18. The molecule has 1 aliphatic heterocycles. The van der Waals surface area contributed by atoms with Gasteiger partial charge >= 0.3 is 5.97 Å². The van der Waals surface area contributed by atoms with Gasteiger partial charge in [0.05, 0.1) is 35.3 Å². The van der Waals surface area contributed by atoms with Gasteiger partial charge in [0, 0.05) is 0 Å². The number of hydrogen-bond acceptors (Lipinski definition) is 7. The van der Waals surface area contributed by atoms with E-state index in [1.807, 2.05) is 72.8 Å². The van der Waals surface area contributed by atoms with Crippen molar-refractivity contribution >= 4 is 56.5 Å². The van der Waals surface area contributed by atoms with E-state index < -0.39 is 5.97 Å². The molecule has 0 atom stereocenters. The Morgan fingerprint density at radius 3 is 2.51 bits per heavy atom. The number of carbonyl (C=O) groups excluding carboxylic acids is 2. The van der Waals surface area contributed by atoms with Gasteiger partial charge in [-0.2, -0.15) is 0 Å². The lowest BCUT2D eigenvalue weighted by atomic mass is 10.2. The number of aliphatic imine (C=N–C) groups is 1. The number of rotatable bonds is 9. The van der Waals surface area contributed by atoms with E-state index in [1.165, 1.54) is 11.8 Å². The first-order valence-electron chi connectivity index (χ1n) is 11.5. The number of nitrogens with zero attached hydrogens (tertiary/aromatic N) is 2. The number of amidine groups is 1. The average molecular weight is 581 g/mol. The van der Waals surface area contributed by atoms with Crippen LogP contribution in [0.3, 0.4) is 0 Å². The van der Waals surface area contributed by atoms with Crippen LogP contribution in [0.4, 0.5) is 5.69 Å². The number of thioether (sulfide) groups is 1. The molecule has 1 saturated heterocycles. The zero-order valence-corrected chi connectivity index (χ0v) is 22.8. The molecular weight excluding hydrogens is 556 g/mol. The van der Waals surface area contributed by atoms with E-state index in [2.05, 4.69) is 15.9 Å². The maximum atomic E-state index is 13.5. The van der Waals surface area contributed by atoms with Gasteiger partial charge in [-0.15, -0.1) is 0 Å². The summed E-state index contributed by atoms with van der Waals surface area (Å²) in [4.78, 5) is 32.0. The highest BCUT2D eigenvalue weighted by Gasteiger charge is 2.33. The molecule has 1 amide bonds. The summed E-state index contributed by atoms with van der Waals surface area (Å²) in [5.41, 5.74) is 2.53. The lowest BCUT2D eigenvalue weighted by Crippen LogP contribution is -2.28. The first kappa shape index (κ1) is 26.5. The van der Waals surface area contributed by atoms with E-state index in [1.54, 1.807) is 25.0 Å². The highest BCUT2D eigenvalue weighted by atomic mass is 79.9. The van der Waals surface area contributed by atoms with Crippen LogP contribution in [-0.4, -0.2) is 42.3 Å². The summed E-state index contributed by atoms with van der Waals surface area (Å²) >= 11 is 4.81. The number of esters is 1. The normalized spacial score (nSPS) is 15.3. The van der Waals surface area contributed by atoms with Crippen LogP contribution in [0, 0.1) is 0 Å². The topological polar surface area (TPSA) is 77.4 Å². The number of para-hydroxylation sites is 1. The number of ether oxygens (including phenoxy) is 3. The molecule has 0 aliphatic carbocycles. The van der Waals surface area contributed by atoms with E-state index in [0.717, 1.165) is 22.6 Å². The largest absolute Gasteiger partial charge is 0.497 e. The van der Waals surface area contributed by atoms with Crippen LogP contribution in [0.5, 0.6) is 11.5 Å². The predicted octanol–water partition coefficient (Wildman–Crippen LogP) is 6.20. The molecule has 0 spiro atoms. The van der Waals surface area contributed by atoms with Gasteiger partial charge in [-0.05, 0) is 88.2 Å². The van der Waals surface area contributed by atoms with Gasteiger partial charge < -0.3 is 14.2 Å². The molecule has 4 rings (SSSR count). The van der Waals surface area contributed by atoms with Crippen LogP contribution in [-0.2, 0) is 20.9 Å². The van der Waals surface area contributed by atoms with Gasteiger partial charge in [0.2, 0.25) is 0 Å². The lowest BCUT2D eigenvalue weighted by Gasteiger charge is -2.16. The number of halogens is 1. The third-order valence-corrected chi connectivity index (χ3v) is 6.90. The number of benzene rings is 3. The van der Waals surface area contributed by atoms with Crippen molar-refractivity contribution in [1.29, 1.82) is 0 Å². The van der Waals surface area contributed by atoms with E-state index in [9.17, 15) is 9.59 Å². The van der Waals surface area contributed by atoms with Crippen LogP contribution in [0.1, 0.15) is 18.1 Å². The Morgan fingerprint density at radius 2 is 1.84 bits per heavy atom. The monoisotopic (exact) mass is 580 g/mol. The van der Waals surface area contributed by atoms with Gasteiger partial charge in [0.25, 0.3) is 5.91 Å². The van der Waals surface area contributed by atoms with E-state index in [0.29, 0.717) is 33.4 Å². The van der Waals surface area contributed by atoms with Crippen molar-refractivity contribution in [2.24, 2.45) is 4.99 Å². The molecule has 1 aliphatic rings. The summed E-state index contributed by atoms with van der Waals surface area (Å²) in [5.74, 6) is 0.697. The third kappa shape index (κ3) is 7.02. The fraction of sp³-hybridized carbons (Fsp3) is 0.179. The zero-order chi connectivity index (χ0) is 26.2. The molecule has 37 heavy (non-hydrogen) atoms. The van der Waals surface area contributed by atoms with Crippen LogP contribution in [0.15, 0.2) is 87.2 Å². The lowest BCUT2D eigenvalue weighted by molar-refractivity contribution is -0.145. The molecule has 3 aromatic rings. The number of carbonyl (C=O) groups is 2. The number of amides is 1. The molecule has 190 valence electrons. The number of hydrogen-bond donors (Lipinski definition) is 0. The molecule has 3 aromatic carbocycles. The third-order valence-electron chi connectivity index (χ3n) is 5.27. The first-order valence-corrected chi connectivity index (χ1v) is 13.1. The van der Waals surface area contributed by atoms with Crippen molar-refractivity contribution in [3.8, 4) is 11.5 Å². The van der Waals surface area contributed by atoms with Gasteiger partial charge in [-0.1, -0.05) is 36.4 Å². The summed E-state index contributed by atoms with van der Waals surface area (Å²) in [5, 5.41) is 0.603. The predicted molar refractivity (Wildman–Crippen MR) is 149 cm³/mol.